The summed E-state index contributed by atoms with van der Waals surface area (Å²) >= 11 is 0. The fourth-order valence-corrected chi connectivity index (χ4v) is 2.89. The number of nitrogens with one attached hydrogen (secondary N) is 1. The molecule has 2 aromatic rings. The van der Waals surface area contributed by atoms with Crippen LogP contribution in [0.4, 0.5) is 0 Å². The Balaban J connectivity index is 1.50. The molecule has 5 heteroatoms. The van der Waals surface area contributed by atoms with Gasteiger partial charge in [-0.05, 0) is 43.4 Å². The van der Waals surface area contributed by atoms with E-state index in [1.54, 1.807) is 0 Å². The number of amides is 1. The van der Waals surface area contributed by atoms with Gasteiger partial charge in [-0.2, -0.15) is 5.10 Å². The molecular formula is C17H20N4O. The molecule has 4 rings (SSSR count). The Morgan fingerprint density at radius 2 is 2.00 bits per heavy atom. The molecule has 2 aliphatic rings. The molecule has 2 aliphatic carbocycles. The van der Waals surface area contributed by atoms with E-state index in [1.165, 1.54) is 29.7 Å². The zero-order valence-corrected chi connectivity index (χ0v) is 12.5. The SMILES string of the molecule is O=C(NCCn1ncc(-c2ccncc2)c1C1CC1)C1CC1. The van der Waals surface area contributed by atoms with Crippen molar-refractivity contribution in [3.05, 3.63) is 36.4 Å². The standard InChI is InChI=1S/C17H20N4O/c22-17(14-3-4-14)19-9-10-21-16(13-1-2-13)15(11-20-21)12-5-7-18-8-6-12/h5-8,11,13-14H,1-4,9-10H2,(H,19,22). The monoisotopic (exact) mass is 296 g/mol. The molecule has 22 heavy (non-hydrogen) atoms. The van der Waals surface area contributed by atoms with E-state index < -0.39 is 0 Å². The van der Waals surface area contributed by atoms with Crippen molar-refractivity contribution in [3.63, 3.8) is 0 Å². The van der Waals surface area contributed by atoms with Crippen molar-refractivity contribution in [2.24, 2.45) is 5.92 Å². The van der Waals surface area contributed by atoms with Crippen molar-refractivity contribution in [1.29, 1.82) is 0 Å². The van der Waals surface area contributed by atoms with E-state index in [0.717, 1.165) is 19.4 Å². The average molecular weight is 296 g/mol. The van der Waals surface area contributed by atoms with E-state index >= 15 is 0 Å². The van der Waals surface area contributed by atoms with Crippen LogP contribution in [0.25, 0.3) is 11.1 Å². The predicted octanol–water partition coefficient (Wildman–Crippen LogP) is 2.35. The van der Waals surface area contributed by atoms with Gasteiger partial charge in [-0.1, -0.05) is 0 Å². The summed E-state index contributed by atoms with van der Waals surface area (Å²) in [6.07, 6.45) is 10.2. The summed E-state index contributed by atoms with van der Waals surface area (Å²) in [4.78, 5) is 15.8. The molecule has 0 aliphatic heterocycles. The molecule has 114 valence electrons. The summed E-state index contributed by atoms with van der Waals surface area (Å²) in [5.41, 5.74) is 3.69. The van der Waals surface area contributed by atoms with Crippen LogP contribution in [0.15, 0.2) is 30.7 Å². The minimum absolute atomic E-state index is 0.203. The number of carbonyl (C=O) groups is 1. The summed E-state index contributed by atoms with van der Waals surface area (Å²) in [5, 5.41) is 7.57. The topological polar surface area (TPSA) is 59.8 Å². The fourth-order valence-electron chi connectivity index (χ4n) is 2.89. The van der Waals surface area contributed by atoms with Gasteiger partial charge in [0.1, 0.15) is 0 Å². The Morgan fingerprint density at radius 3 is 2.68 bits per heavy atom. The molecule has 0 atom stereocenters. The van der Waals surface area contributed by atoms with Crippen molar-refractivity contribution in [3.8, 4) is 11.1 Å². The van der Waals surface area contributed by atoms with Crippen LogP contribution in [-0.2, 0) is 11.3 Å². The largest absolute Gasteiger partial charge is 0.354 e. The number of rotatable bonds is 6. The lowest BCUT2D eigenvalue weighted by molar-refractivity contribution is -0.122. The Kier molecular flexibility index (Phi) is 3.41. The molecule has 0 spiro atoms. The Hall–Kier alpha value is -2.17. The van der Waals surface area contributed by atoms with Gasteiger partial charge in [0.15, 0.2) is 0 Å². The molecule has 0 saturated heterocycles. The van der Waals surface area contributed by atoms with E-state index in [4.69, 9.17) is 0 Å². The van der Waals surface area contributed by atoms with Crippen molar-refractivity contribution >= 4 is 5.91 Å². The third kappa shape index (κ3) is 2.75. The van der Waals surface area contributed by atoms with Crippen LogP contribution in [0, 0.1) is 5.92 Å². The number of pyridine rings is 1. The first-order valence-electron chi connectivity index (χ1n) is 8.07. The molecule has 2 heterocycles. The van der Waals surface area contributed by atoms with Crippen molar-refractivity contribution in [1.82, 2.24) is 20.1 Å². The van der Waals surface area contributed by atoms with Crippen molar-refractivity contribution < 1.29 is 4.79 Å². The van der Waals surface area contributed by atoms with Gasteiger partial charge in [-0.15, -0.1) is 0 Å². The lowest BCUT2D eigenvalue weighted by Crippen LogP contribution is -2.29. The fraction of sp³-hybridized carbons (Fsp3) is 0.471. The first kappa shape index (κ1) is 13.5. The van der Waals surface area contributed by atoms with Gasteiger partial charge in [0, 0.05) is 42.0 Å². The normalized spacial score (nSPS) is 17.5. The molecule has 0 bridgehead atoms. The smallest absolute Gasteiger partial charge is 0.223 e. The Morgan fingerprint density at radius 1 is 1.23 bits per heavy atom. The molecule has 1 amide bonds. The number of hydrogen-bond acceptors (Lipinski definition) is 3. The van der Waals surface area contributed by atoms with Crippen molar-refractivity contribution in [2.45, 2.75) is 38.1 Å². The summed E-state index contributed by atoms with van der Waals surface area (Å²) in [5.74, 6) is 1.09. The van der Waals surface area contributed by atoms with Crippen molar-refractivity contribution in [2.75, 3.05) is 6.54 Å². The molecule has 0 unspecified atom stereocenters. The zero-order chi connectivity index (χ0) is 14.9. The van der Waals surface area contributed by atoms with Gasteiger partial charge in [-0.3, -0.25) is 14.5 Å². The minimum atomic E-state index is 0.203. The van der Waals surface area contributed by atoms with Crippen LogP contribution in [0.3, 0.4) is 0 Å². The third-order valence-electron chi connectivity index (χ3n) is 4.41. The number of hydrogen-bond donors (Lipinski definition) is 1. The lowest BCUT2D eigenvalue weighted by atomic mass is 10.1. The molecule has 2 aromatic heterocycles. The second-order valence-electron chi connectivity index (χ2n) is 6.24. The Labute approximate surface area is 129 Å². The molecule has 2 saturated carbocycles. The number of aromatic nitrogens is 3. The quantitative estimate of drug-likeness (QED) is 0.890. The van der Waals surface area contributed by atoms with Crippen LogP contribution in [0.2, 0.25) is 0 Å². The molecular weight excluding hydrogens is 276 g/mol. The maximum absolute atomic E-state index is 11.7. The van der Waals surface area contributed by atoms with E-state index in [-0.39, 0.29) is 11.8 Å². The maximum atomic E-state index is 11.7. The van der Waals surface area contributed by atoms with Gasteiger partial charge in [0.2, 0.25) is 5.91 Å². The van der Waals surface area contributed by atoms with E-state index in [2.05, 4.69) is 20.1 Å². The van der Waals surface area contributed by atoms with Crippen LogP contribution >= 0.6 is 0 Å². The highest BCUT2D eigenvalue weighted by atomic mass is 16.2. The lowest BCUT2D eigenvalue weighted by Gasteiger charge is -2.10. The molecule has 2 fully saturated rings. The second-order valence-corrected chi connectivity index (χ2v) is 6.24. The van der Waals surface area contributed by atoms with Crippen LogP contribution < -0.4 is 5.32 Å². The van der Waals surface area contributed by atoms with Gasteiger partial charge >= 0.3 is 0 Å². The van der Waals surface area contributed by atoms with Gasteiger partial charge in [-0.25, -0.2) is 0 Å². The van der Waals surface area contributed by atoms with E-state index in [0.29, 0.717) is 12.5 Å². The van der Waals surface area contributed by atoms with Crippen LogP contribution in [0.1, 0.15) is 37.3 Å². The molecule has 5 nitrogen and oxygen atoms in total. The number of nitrogens with zero attached hydrogens (tertiary/aromatic N) is 3. The highest BCUT2D eigenvalue weighted by Gasteiger charge is 2.31. The number of carbonyl (C=O) groups excluding carboxylic acids is 1. The van der Waals surface area contributed by atoms with Crippen LogP contribution in [0.5, 0.6) is 0 Å². The van der Waals surface area contributed by atoms with Gasteiger partial charge < -0.3 is 5.32 Å². The predicted molar refractivity (Wildman–Crippen MR) is 83.2 cm³/mol. The third-order valence-corrected chi connectivity index (χ3v) is 4.41. The van der Waals surface area contributed by atoms with Crippen LogP contribution in [-0.4, -0.2) is 27.2 Å². The van der Waals surface area contributed by atoms with E-state index in [1.807, 2.05) is 30.7 Å². The molecule has 0 aromatic carbocycles. The first-order valence-corrected chi connectivity index (χ1v) is 8.07. The van der Waals surface area contributed by atoms with Gasteiger partial charge in [0.05, 0.1) is 12.7 Å². The molecule has 0 radical (unpaired) electrons. The highest BCUT2D eigenvalue weighted by Crippen LogP contribution is 2.44. The maximum Gasteiger partial charge on any atom is 0.223 e. The highest BCUT2D eigenvalue weighted by molar-refractivity contribution is 5.80. The van der Waals surface area contributed by atoms with Gasteiger partial charge in [0.25, 0.3) is 0 Å². The second kappa shape index (κ2) is 5.55. The summed E-state index contributed by atoms with van der Waals surface area (Å²) < 4.78 is 2.07. The summed E-state index contributed by atoms with van der Waals surface area (Å²) in [7, 11) is 0. The minimum Gasteiger partial charge on any atom is -0.354 e. The average Bonchev–Trinajstić information content (AvgIpc) is 3.46. The molecule has 1 N–H and O–H groups in total. The summed E-state index contributed by atoms with van der Waals surface area (Å²) in [6, 6.07) is 4.06. The first-order chi connectivity index (χ1) is 10.8. The Bertz CT molecular complexity index is 671. The summed E-state index contributed by atoms with van der Waals surface area (Å²) in [6.45, 7) is 1.40. The zero-order valence-electron chi connectivity index (χ0n) is 12.5. The van der Waals surface area contributed by atoms with E-state index in [9.17, 15) is 4.79 Å².